The Morgan fingerprint density at radius 3 is 2.56 bits per heavy atom. The molecule has 0 fully saturated rings. The monoisotopic (exact) mass is 237 g/mol. The van der Waals surface area contributed by atoms with E-state index in [2.05, 4.69) is 5.32 Å². The minimum absolute atomic E-state index is 0.0426. The third-order valence-electron chi connectivity index (χ3n) is 2.32. The normalized spacial score (nSPS) is 12.7. The second-order valence-electron chi connectivity index (χ2n) is 3.52. The number of nitrogens with one attached hydrogen (secondary N) is 1. The number of rotatable bonds is 4. The predicted molar refractivity (Wildman–Crippen MR) is 67.4 cm³/mol. The first-order chi connectivity index (χ1) is 7.67. The summed E-state index contributed by atoms with van der Waals surface area (Å²) in [7, 11) is 0. The fourth-order valence-corrected chi connectivity index (χ4v) is 1.61. The largest absolute Gasteiger partial charge is 0.346 e. The lowest BCUT2D eigenvalue weighted by Gasteiger charge is -2.16. The molecule has 0 aromatic heterocycles. The van der Waals surface area contributed by atoms with Gasteiger partial charge in [0.2, 0.25) is 5.91 Å². The highest BCUT2D eigenvalue weighted by atomic mass is 35.5. The molecule has 1 rings (SSSR count). The first-order valence-electron chi connectivity index (χ1n) is 5.36. The molecule has 0 saturated heterocycles. The molecule has 2 nitrogen and oxygen atoms in total. The summed E-state index contributed by atoms with van der Waals surface area (Å²) in [4.78, 5) is 11.4. The molecule has 0 aliphatic rings. The van der Waals surface area contributed by atoms with Crippen LogP contribution in [0.5, 0.6) is 0 Å². The maximum atomic E-state index is 11.4. The van der Waals surface area contributed by atoms with Gasteiger partial charge >= 0.3 is 0 Å². The molecule has 16 heavy (non-hydrogen) atoms. The van der Waals surface area contributed by atoms with Crippen LogP contribution in [0.3, 0.4) is 0 Å². The minimum atomic E-state index is -0.0655. The predicted octanol–water partition coefficient (Wildman–Crippen LogP) is 3.48. The van der Waals surface area contributed by atoms with Gasteiger partial charge in [-0.25, -0.2) is 0 Å². The van der Waals surface area contributed by atoms with Crippen molar-refractivity contribution in [3.8, 4) is 0 Å². The second kappa shape index (κ2) is 6.33. The van der Waals surface area contributed by atoms with Gasteiger partial charge in [0.05, 0.1) is 6.04 Å². The van der Waals surface area contributed by atoms with Crippen molar-refractivity contribution in [2.45, 2.75) is 26.3 Å². The Morgan fingerprint density at radius 2 is 2.06 bits per heavy atom. The number of amides is 1. The molecule has 1 atom stereocenters. The van der Waals surface area contributed by atoms with E-state index in [-0.39, 0.29) is 11.9 Å². The molecule has 0 aliphatic heterocycles. The number of carbonyl (C=O) groups is 1. The van der Waals surface area contributed by atoms with Crippen LogP contribution in [0.1, 0.15) is 31.9 Å². The fraction of sp³-hybridized carbons (Fsp3) is 0.308. The highest BCUT2D eigenvalue weighted by Crippen LogP contribution is 2.18. The Bertz CT molecular complexity index is 370. The highest BCUT2D eigenvalue weighted by molar-refractivity contribution is 6.30. The number of halogens is 1. The average molecular weight is 238 g/mol. The first-order valence-corrected chi connectivity index (χ1v) is 5.73. The zero-order valence-corrected chi connectivity index (χ0v) is 10.3. The van der Waals surface area contributed by atoms with Crippen molar-refractivity contribution in [2.75, 3.05) is 0 Å². The van der Waals surface area contributed by atoms with Crippen molar-refractivity contribution in [2.24, 2.45) is 0 Å². The molecule has 1 N–H and O–H groups in total. The summed E-state index contributed by atoms with van der Waals surface area (Å²) < 4.78 is 0. The van der Waals surface area contributed by atoms with Crippen LogP contribution in [-0.4, -0.2) is 5.91 Å². The van der Waals surface area contributed by atoms with Crippen molar-refractivity contribution in [3.05, 3.63) is 47.0 Å². The zero-order valence-electron chi connectivity index (χ0n) is 9.53. The molecular formula is C13H16ClNO. The Balaban J connectivity index is 2.74. The fourth-order valence-electron chi connectivity index (χ4n) is 1.49. The summed E-state index contributed by atoms with van der Waals surface area (Å²) in [5.74, 6) is -0.0655. The van der Waals surface area contributed by atoms with E-state index in [0.29, 0.717) is 5.02 Å². The average Bonchev–Trinajstić information content (AvgIpc) is 2.27. The molecule has 1 amide bonds. The van der Waals surface area contributed by atoms with Crippen LogP contribution in [0.15, 0.2) is 36.4 Å². The van der Waals surface area contributed by atoms with Crippen molar-refractivity contribution in [1.82, 2.24) is 5.32 Å². The second-order valence-corrected chi connectivity index (χ2v) is 3.96. The number of carbonyl (C=O) groups excluding carboxylic acids is 1. The van der Waals surface area contributed by atoms with Crippen LogP contribution in [0.4, 0.5) is 0 Å². The molecule has 3 heteroatoms. The van der Waals surface area contributed by atoms with E-state index < -0.39 is 0 Å². The summed E-state index contributed by atoms with van der Waals surface area (Å²) in [6.07, 6.45) is 4.10. The lowest BCUT2D eigenvalue weighted by Crippen LogP contribution is -2.26. The molecule has 1 aromatic rings. The maximum Gasteiger partial charge on any atom is 0.244 e. The van der Waals surface area contributed by atoms with Crippen molar-refractivity contribution < 1.29 is 4.79 Å². The summed E-state index contributed by atoms with van der Waals surface area (Å²) in [5, 5.41) is 3.64. The van der Waals surface area contributed by atoms with Gasteiger partial charge in [-0.3, -0.25) is 4.79 Å². The van der Waals surface area contributed by atoms with Gasteiger partial charge in [0.1, 0.15) is 0 Å². The van der Waals surface area contributed by atoms with E-state index in [0.717, 1.165) is 12.0 Å². The summed E-state index contributed by atoms with van der Waals surface area (Å²) in [5.41, 5.74) is 1.07. The quantitative estimate of drug-likeness (QED) is 0.799. The van der Waals surface area contributed by atoms with Gasteiger partial charge in [-0.15, -0.1) is 0 Å². The SMILES string of the molecule is CC=CC(=O)NC(CC)c1ccc(Cl)cc1. The molecule has 86 valence electrons. The Labute approximate surface area is 101 Å². The van der Waals surface area contributed by atoms with E-state index in [4.69, 9.17) is 11.6 Å². The Morgan fingerprint density at radius 1 is 1.44 bits per heavy atom. The molecular weight excluding hydrogens is 222 g/mol. The Kier molecular flexibility index (Phi) is 5.06. The number of benzene rings is 1. The summed E-state index contributed by atoms with van der Waals surface area (Å²) in [6, 6.07) is 7.59. The smallest absolute Gasteiger partial charge is 0.244 e. The van der Waals surface area contributed by atoms with Gasteiger partial charge in [-0.2, -0.15) is 0 Å². The molecule has 0 heterocycles. The molecule has 1 aromatic carbocycles. The van der Waals surface area contributed by atoms with Gasteiger partial charge in [-0.05, 0) is 37.1 Å². The van der Waals surface area contributed by atoms with Crippen molar-refractivity contribution in [3.63, 3.8) is 0 Å². The first kappa shape index (κ1) is 12.8. The summed E-state index contributed by atoms with van der Waals surface area (Å²) >= 11 is 5.82. The lowest BCUT2D eigenvalue weighted by molar-refractivity contribution is -0.117. The topological polar surface area (TPSA) is 29.1 Å². The van der Waals surface area contributed by atoms with Gasteiger partial charge in [0, 0.05) is 5.02 Å². The van der Waals surface area contributed by atoms with Gasteiger partial charge in [0.25, 0.3) is 0 Å². The standard InChI is InChI=1S/C13H16ClNO/c1-3-5-13(16)15-12(4-2)10-6-8-11(14)9-7-10/h3,5-9,12H,4H2,1-2H3,(H,15,16). The van der Waals surface area contributed by atoms with Gasteiger partial charge < -0.3 is 5.32 Å². The van der Waals surface area contributed by atoms with Crippen LogP contribution in [0.2, 0.25) is 5.02 Å². The molecule has 0 spiro atoms. The van der Waals surface area contributed by atoms with Gasteiger partial charge in [0.15, 0.2) is 0 Å². The lowest BCUT2D eigenvalue weighted by atomic mass is 10.0. The van der Waals surface area contributed by atoms with E-state index in [1.54, 1.807) is 6.08 Å². The van der Waals surface area contributed by atoms with E-state index >= 15 is 0 Å². The van der Waals surface area contributed by atoms with Crippen LogP contribution in [0.25, 0.3) is 0 Å². The van der Waals surface area contributed by atoms with Crippen LogP contribution < -0.4 is 5.32 Å². The molecule has 0 saturated carbocycles. The zero-order chi connectivity index (χ0) is 12.0. The van der Waals surface area contributed by atoms with Crippen LogP contribution >= 0.6 is 11.6 Å². The van der Waals surface area contributed by atoms with E-state index in [1.807, 2.05) is 38.1 Å². The number of hydrogen-bond donors (Lipinski definition) is 1. The maximum absolute atomic E-state index is 11.4. The third kappa shape index (κ3) is 3.70. The minimum Gasteiger partial charge on any atom is -0.346 e. The van der Waals surface area contributed by atoms with Crippen molar-refractivity contribution >= 4 is 17.5 Å². The van der Waals surface area contributed by atoms with Gasteiger partial charge in [-0.1, -0.05) is 36.7 Å². The summed E-state index contributed by atoms with van der Waals surface area (Å²) in [6.45, 7) is 3.86. The van der Waals surface area contributed by atoms with Crippen molar-refractivity contribution in [1.29, 1.82) is 0 Å². The van der Waals surface area contributed by atoms with E-state index in [1.165, 1.54) is 6.08 Å². The van der Waals surface area contributed by atoms with E-state index in [9.17, 15) is 4.79 Å². The molecule has 0 aliphatic carbocycles. The number of hydrogen-bond acceptors (Lipinski definition) is 1. The molecule has 0 radical (unpaired) electrons. The molecule has 0 bridgehead atoms. The van der Waals surface area contributed by atoms with Crippen LogP contribution in [-0.2, 0) is 4.79 Å². The molecule has 1 unspecified atom stereocenters. The van der Waals surface area contributed by atoms with Crippen LogP contribution in [0, 0.1) is 0 Å². The Hall–Kier alpha value is -1.28. The number of allylic oxidation sites excluding steroid dienone is 1. The third-order valence-corrected chi connectivity index (χ3v) is 2.57. The highest BCUT2D eigenvalue weighted by Gasteiger charge is 2.10.